The Labute approximate surface area is 406 Å². The van der Waals surface area contributed by atoms with Crippen LogP contribution in [-0.4, -0.2) is 37.2 Å². The molecule has 6 nitrogen and oxygen atoms in total. The highest BCUT2D eigenvalue weighted by molar-refractivity contribution is 5.71. The van der Waals surface area contributed by atoms with Crippen LogP contribution in [-0.2, 0) is 28.6 Å². The van der Waals surface area contributed by atoms with Crippen LogP contribution in [0.25, 0.3) is 0 Å². The summed E-state index contributed by atoms with van der Waals surface area (Å²) in [5, 5.41) is 0. The molecule has 1 unspecified atom stereocenters. The maximum absolute atomic E-state index is 12.8. The molecule has 0 spiro atoms. The van der Waals surface area contributed by atoms with Gasteiger partial charge in [0.05, 0.1) is 0 Å². The normalized spacial score (nSPS) is 12.6. The number of hydrogen-bond acceptors (Lipinski definition) is 6. The van der Waals surface area contributed by atoms with Crippen molar-refractivity contribution in [3.8, 4) is 0 Å². The molecule has 0 amide bonds. The number of rotatable bonds is 52. The predicted molar refractivity (Wildman–Crippen MR) is 279 cm³/mol. The van der Waals surface area contributed by atoms with E-state index in [-0.39, 0.29) is 31.1 Å². The van der Waals surface area contributed by atoms with E-state index in [1.807, 2.05) is 0 Å². The smallest absolute Gasteiger partial charge is 0.306 e. The van der Waals surface area contributed by atoms with Crippen LogP contribution in [0.5, 0.6) is 0 Å². The van der Waals surface area contributed by atoms with Crippen LogP contribution in [0.3, 0.4) is 0 Å². The molecule has 0 heterocycles. The van der Waals surface area contributed by atoms with Gasteiger partial charge >= 0.3 is 17.9 Å². The van der Waals surface area contributed by atoms with Crippen molar-refractivity contribution >= 4 is 17.9 Å². The summed E-state index contributed by atoms with van der Waals surface area (Å²) in [5.41, 5.74) is 0. The summed E-state index contributed by atoms with van der Waals surface area (Å²) in [7, 11) is 0. The lowest BCUT2D eigenvalue weighted by Gasteiger charge is -2.18. The Hall–Kier alpha value is -1.59. The number of ether oxygens (including phenoxy) is 3. The van der Waals surface area contributed by atoms with Crippen LogP contribution in [0.2, 0.25) is 0 Å². The quantitative estimate of drug-likeness (QED) is 0.0344. The van der Waals surface area contributed by atoms with Gasteiger partial charge in [-0.1, -0.05) is 286 Å². The van der Waals surface area contributed by atoms with E-state index in [0.29, 0.717) is 19.3 Å². The van der Waals surface area contributed by atoms with Crippen molar-refractivity contribution in [3.63, 3.8) is 0 Å². The molecular formula is C59H114O6. The maximum Gasteiger partial charge on any atom is 0.306 e. The molecule has 0 fully saturated rings. The van der Waals surface area contributed by atoms with Gasteiger partial charge in [-0.05, 0) is 37.0 Å². The molecule has 0 radical (unpaired) electrons. The van der Waals surface area contributed by atoms with Gasteiger partial charge in [0.1, 0.15) is 13.2 Å². The van der Waals surface area contributed by atoms with Gasteiger partial charge in [-0.2, -0.15) is 0 Å². The number of carbonyl (C=O) groups excluding carboxylic acids is 3. The third kappa shape index (κ3) is 51.6. The molecule has 0 bridgehead atoms. The molecule has 0 aromatic heterocycles. The Balaban J connectivity index is 4.26. The van der Waals surface area contributed by atoms with E-state index >= 15 is 0 Å². The lowest BCUT2D eigenvalue weighted by Crippen LogP contribution is -2.30. The minimum absolute atomic E-state index is 0.0639. The van der Waals surface area contributed by atoms with Crippen LogP contribution in [0.15, 0.2) is 0 Å². The van der Waals surface area contributed by atoms with E-state index in [4.69, 9.17) is 14.2 Å². The van der Waals surface area contributed by atoms with Gasteiger partial charge in [-0.25, -0.2) is 0 Å². The standard InChI is InChI=1S/C59H114O6/c1-7-55(6)47-41-35-29-25-26-32-38-44-50-59(62)65-56(52-64-58(61)49-43-37-31-24-20-16-12-14-18-22-28-34-40-46-54(4)5)51-63-57(60)48-42-36-30-23-19-15-11-9-8-10-13-17-21-27-33-39-45-53(2)3/h53-56H,7-52H2,1-6H3/t55?,56-/m0/s1. The molecule has 386 valence electrons. The first-order valence-electron chi connectivity index (χ1n) is 29.1. The first kappa shape index (κ1) is 63.4. The average Bonchev–Trinajstić information content (AvgIpc) is 3.28. The first-order valence-corrected chi connectivity index (χ1v) is 29.1. The summed E-state index contributed by atoms with van der Waals surface area (Å²) in [6.07, 6.45) is 52.3. The molecule has 0 aliphatic heterocycles. The maximum atomic E-state index is 12.8. The molecule has 0 aliphatic carbocycles. The molecule has 0 N–H and O–H groups in total. The summed E-state index contributed by atoms with van der Waals surface area (Å²) in [6.45, 7) is 13.8. The van der Waals surface area contributed by atoms with Gasteiger partial charge < -0.3 is 14.2 Å². The minimum atomic E-state index is -0.764. The summed E-state index contributed by atoms with van der Waals surface area (Å²) in [5.74, 6) is 1.69. The van der Waals surface area contributed by atoms with Gasteiger partial charge in [0.2, 0.25) is 0 Å². The minimum Gasteiger partial charge on any atom is -0.462 e. The van der Waals surface area contributed by atoms with Crippen molar-refractivity contribution in [2.24, 2.45) is 17.8 Å². The Morgan fingerprint density at radius 2 is 0.538 bits per heavy atom. The molecule has 65 heavy (non-hydrogen) atoms. The topological polar surface area (TPSA) is 78.9 Å². The third-order valence-corrected chi connectivity index (χ3v) is 13.8. The zero-order chi connectivity index (χ0) is 47.7. The van der Waals surface area contributed by atoms with Crippen LogP contribution in [0, 0.1) is 17.8 Å². The monoisotopic (exact) mass is 919 g/mol. The van der Waals surface area contributed by atoms with Crippen LogP contribution < -0.4 is 0 Å². The third-order valence-electron chi connectivity index (χ3n) is 13.8. The second-order valence-corrected chi connectivity index (χ2v) is 21.5. The van der Waals surface area contributed by atoms with Crippen LogP contribution in [0.1, 0.15) is 324 Å². The second-order valence-electron chi connectivity index (χ2n) is 21.5. The molecule has 0 saturated carbocycles. The number of esters is 3. The number of unbranched alkanes of at least 4 members (excludes halogenated alkanes) is 34. The fourth-order valence-electron chi connectivity index (χ4n) is 8.97. The van der Waals surface area contributed by atoms with E-state index in [9.17, 15) is 14.4 Å². The molecule has 0 rings (SSSR count). The van der Waals surface area contributed by atoms with E-state index in [2.05, 4.69) is 41.5 Å². The molecule has 2 atom stereocenters. The highest BCUT2D eigenvalue weighted by atomic mass is 16.6. The van der Waals surface area contributed by atoms with Gasteiger partial charge in [0, 0.05) is 19.3 Å². The zero-order valence-electron chi connectivity index (χ0n) is 44.8. The summed E-state index contributed by atoms with van der Waals surface area (Å²) in [4.78, 5) is 38.1. The zero-order valence-corrected chi connectivity index (χ0v) is 44.8. The predicted octanol–water partition coefficient (Wildman–Crippen LogP) is 19.1. The van der Waals surface area contributed by atoms with Crippen molar-refractivity contribution in [1.29, 1.82) is 0 Å². The molecule has 0 aliphatic rings. The summed E-state index contributed by atoms with van der Waals surface area (Å²) >= 11 is 0. The van der Waals surface area contributed by atoms with Crippen molar-refractivity contribution in [3.05, 3.63) is 0 Å². The number of hydrogen-bond donors (Lipinski definition) is 0. The summed E-state index contributed by atoms with van der Waals surface area (Å²) < 4.78 is 16.9. The Morgan fingerprint density at radius 3 is 0.800 bits per heavy atom. The van der Waals surface area contributed by atoms with E-state index in [0.717, 1.165) is 75.5 Å². The van der Waals surface area contributed by atoms with Crippen LogP contribution in [0.4, 0.5) is 0 Å². The van der Waals surface area contributed by atoms with Gasteiger partial charge in [-0.3, -0.25) is 14.4 Å². The SMILES string of the molecule is CCC(C)CCCCCCCCCCC(=O)O[C@@H](COC(=O)CCCCCCCCCCCCCCCCCCC(C)C)COC(=O)CCCCCCCCCCCCCCCC(C)C. The molecular weight excluding hydrogens is 805 g/mol. The Kier molecular flexibility index (Phi) is 49.1. The number of carbonyl (C=O) groups is 3. The van der Waals surface area contributed by atoms with Crippen molar-refractivity contribution < 1.29 is 28.6 Å². The largest absolute Gasteiger partial charge is 0.462 e. The van der Waals surface area contributed by atoms with E-state index in [1.54, 1.807) is 0 Å². The van der Waals surface area contributed by atoms with Crippen molar-refractivity contribution in [2.75, 3.05) is 13.2 Å². The van der Waals surface area contributed by atoms with Crippen LogP contribution >= 0.6 is 0 Å². The summed E-state index contributed by atoms with van der Waals surface area (Å²) in [6, 6.07) is 0. The Bertz CT molecular complexity index is 1010. The molecule has 0 aromatic rings. The lowest BCUT2D eigenvalue weighted by molar-refractivity contribution is -0.167. The van der Waals surface area contributed by atoms with E-state index < -0.39 is 6.10 Å². The average molecular weight is 920 g/mol. The fraction of sp³-hybridized carbons (Fsp3) is 0.949. The Morgan fingerprint density at radius 1 is 0.308 bits per heavy atom. The first-order chi connectivity index (χ1) is 31.6. The van der Waals surface area contributed by atoms with Crippen molar-refractivity contribution in [1.82, 2.24) is 0 Å². The fourth-order valence-corrected chi connectivity index (χ4v) is 8.97. The van der Waals surface area contributed by atoms with Crippen molar-refractivity contribution in [2.45, 2.75) is 330 Å². The van der Waals surface area contributed by atoms with E-state index in [1.165, 1.54) is 205 Å². The molecule has 0 saturated heterocycles. The lowest BCUT2D eigenvalue weighted by atomic mass is 9.99. The molecule has 6 heteroatoms. The van der Waals surface area contributed by atoms with Gasteiger partial charge in [-0.15, -0.1) is 0 Å². The van der Waals surface area contributed by atoms with Gasteiger partial charge in [0.15, 0.2) is 6.10 Å². The second kappa shape index (κ2) is 50.3. The highest BCUT2D eigenvalue weighted by Gasteiger charge is 2.19. The highest BCUT2D eigenvalue weighted by Crippen LogP contribution is 2.19. The van der Waals surface area contributed by atoms with Gasteiger partial charge in [0.25, 0.3) is 0 Å². The molecule has 0 aromatic carbocycles.